The molecule has 1 aliphatic heterocycles. The number of rotatable bonds is 7. The number of likely N-dealkylation sites (N-methyl/N-ethyl adjacent to an activating group) is 1. The van der Waals surface area contributed by atoms with Crippen LogP contribution in [0, 0.1) is 0 Å². The van der Waals surface area contributed by atoms with Gasteiger partial charge in [-0.3, -0.25) is 9.36 Å². The second-order valence-corrected chi connectivity index (χ2v) is 6.29. The molecule has 25 heavy (non-hydrogen) atoms. The van der Waals surface area contributed by atoms with Crippen LogP contribution in [0.15, 0.2) is 9.79 Å². The van der Waals surface area contributed by atoms with Crippen molar-refractivity contribution in [2.75, 3.05) is 33.7 Å². The standard InChI is InChI=1S/C16H29N7O2/c1-4-17-15(19-12-14(24)21(2)3)18-9-7-11-23-16(25)22-10-6-5-8-13(22)20-23/h4-12H2,1-3H3,(H2,17,18,19). The van der Waals surface area contributed by atoms with Gasteiger partial charge in [-0.25, -0.2) is 14.5 Å². The Morgan fingerprint density at radius 3 is 2.80 bits per heavy atom. The van der Waals surface area contributed by atoms with E-state index in [2.05, 4.69) is 20.7 Å². The largest absolute Gasteiger partial charge is 0.357 e. The molecule has 1 aliphatic rings. The molecular formula is C16H29N7O2. The van der Waals surface area contributed by atoms with E-state index in [4.69, 9.17) is 0 Å². The molecule has 9 heteroatoms. The Balaban J connectivity index is 1.82. The van der Waals surface area contributed by atoms with Gasteiger partial charge in [0.05, 0.1) is 0 Å². The van der Waals surface area contributed by atoms with E-state index in [1.165, 1.54) is 4.90 Å². The fraction of sp³-hybridized carbons (Fsp3) is 0.750. The summed E-state index contributed by atoms with van der Waals surface area (Å²) in [6.07, 6.45) is 3.79. The lowest BCUT2D eigenvalue weighted by atomic mass is 10.2. The third kappa shape index (κ3) is 5.33. The van der Waals surface area contributed by atoms with Gasteiger partial charge < -0.3 is 15.5 Å². The molecule has 0 aromatic carbocycles. The van der Waals surface area contributed by atoms with Crippen LogP contribution < -0.4 is 16.3 Å². The number of carbonyl (C=O) groups is 1. The fourth-order valence-electron chi connectivity index (χ4n) is 2.66. The van der Waals surface area contributed by atoms with Crippen LogP contribution in [0.3, 0.4) is 0 Å². The number of hydrogen-bond acceptors (Lipinski definition) is 4. The highest BCUT2D eigenvalue weighted by atomic mass is 16.2. The summed E-state index contributed by atoms with van der Waals surface area (Å²) in [5.74, 6) is 1.46. The lowest BCUT2D eigenvalue weighted by molar-refractivity contribution is -0.127. The lowest BCUT2D eigenvalue weighted by Gasteiger charge is -2.12. The monoisotopic (exact) mass is 351 g/mol. The van der Waals surface area contributed by atoms with E-state index in [1.807, 2.05) is 6.92 Å². The molecule has 2 rings (SSSR count). The first kappa shape index (κ1) is 19.0. The molecule has 9 nitrogen and oxygen atoms in total. The zero-order valence-electron chi connectivity index (χ0n) is 15.4. The Bertz CT molecular complexity index is 660. The summed E-state index contributed by atoms with van der Waals surface area (Å²) >= 11 is 0. The Morgan fingerprint density at radius 1 is 1.32 bits per heavy atom. The first-order valence-corrected chi connectivity index (χ1v) is 8.91. The summed E-state index contributed by atoms with van der Waals surface area (Å²) in [6, 6.07) is 0. The molecule has 1 amide bonds. The molecule has 2 N–H and O–H groups in total. The number of fused-ring (bicyclic) bond motifs is 1. The van der Waals surface area contributed by atoms with Crippen LogP contribution in [0.1, 0.15) is 32.0 Å². The Labute approximate surface area is 148 Å². The topological polar surface area (TPSA) is 96.6 Å². The van der Waals surface area contributed by atoms with Crippen molar-refractivity contribution in [3.63, 3.8) is 0 Å². The van der Waals surface area contributed by atoms with Crippen LogP contribution in [-0.4, -0.2) is 64.8 Å². The first-order valence-electron chi connectivity index (χ1n) is 8.91. The molecule has 0 atom stereocenters. The maximum Gasteiger partial charge on any atom is 0.345 e. The summed E-state index contributed by atoms with van der Waals surface area (Å²) < 4.78 is 3.34. The smallest absolute Gasteiger partial charge is 0.345 e. The van der Waals surface area contributed by atoms with Crippen LogP contribution >= 0.6 is 0 Å². The van der Waals surface area contributed by atoms with Gasteiger partial charge in [-0.2, -0.15) is 5.10 Å². The van der Waals surface area contributed by atoms with Gasteiger partial charge in [0.2, 0.25) is 5.91 Å². The van der Waals surface area contributed by atoms with E-state index in [1.54, 1.807) is 23.3 Å². The molecule has 0 radical (unpaired) electrons. The summed E-state index contributed by atoms with van der Waals surface area (Å²) in [7, 11) is 3.42. The quantitative estimate of drug-likeness (QED) is 0.389. The number of aliphatic imine (C=N–C) groups is 1. The number of aromatic nitrogens is 3. The van der Waals surface area contributed by atoms with E-state index in [0.717, 1.165) is 44.6 Å². The molecule has 1 aromatic rings. The van der Waals surface area contributed by atoms with Crippen molar-refractivity contribution in [2.24, 2.45) is 4.99 Å². The summed E-state index contributed by atoms with van der Waals surface area (Å²) in [4.78, 5) is 29.6. The highest BCUT2D eigenvalue weighted by Crippen LogP contribution is 2.09. The van der Waals surface area contributed by atoms with Crippen molar-refractivity contribution >= 4 is 11.9 Å². The Kier molecular flexibility index (Phi) is 7.03. The van der Waals surface area contributed by atoms with Crippen LogP contribution in [-0.2, 0) is 24.3 Å². The van der Waals surface area contributed by atoms with Crippen molar-refractivity contribution in [3.8, 4) is 0 Å². The summed E-state index contributed by atoms with van der Waals surface area (Å²) in [5.41, 5.74) is -0.00754. The van der Waals surface area contributed by atoms with Gasteiger partial charge in [-0.15, -0.1) is 0 Å². The number of hydrogen-bond donors (Lipinski definition) is 2. The minimum atomic E-state index is -0.0488. The minimum absolute atomic E-state index is 0.00754. The lowest BCUT2D eigenvalue weighted by Crippen LogP contribution is -2.39. The molecule has 0 saturated carbocycles. The van der Waals surface area contributed by atoms with Crippen LogP contribution in [0.25, 0.3) is 0 Å². The Morgan fingerprint density at radius 2 is 2.12 bits per heavy atom. The predicted octanol–water partition coefficient (Wildman–Crippen LogP) is -0.585. The van der Waals surface area contributed by atoms with Gasteiger partial charge in [0.25, 0.3) is 0 Å². The fourth-order valence-corrected chi connectivity index (χ4v) is 2.66. The van der Waals surface area contributed by atoms with Gasteiger partial charge in [0.1, 0.15) is 12.4 Å². The maximum absolute atomic E-state index is 12.3. The number of aryl methyl sites for hydroxylation is 2. The van der Waals surface area contributed by atoms with E-state index in [0.29, 0.717) is 19.0 Å². The zero-order chi connectivity index (χ0) is 18.2. The third-order valence-electron chi connectivity index (χ3n) is 4.09. The predicted molar refractivity (Wildman–Crippen MR) is 96.7 cm³/mol. The average molecular weight is 351 g/mol. The maximum atomic E-state index is 12.3. The number of amides is 1. The van der Waals surface area contributed by atoms with Gasteiger partial charge in [-0.1, -0.05) is 0 Å². The highest BCUT2D eigenvalue weighted by molar-refractivity contribution is 5.84. The normalized spacial score (nSPS) is 14.1. The average Bonchev–Trinajstić information content (AvgIpc) is 2.92. The van der Waals surface area contributed by atoms with Crippen molar-refractivity contribution in [1.29, 1.82) is 0 Å². The van der Waals surface area contributed by atoms with Gasteiger partial charge in [-0.05, 0) is 26.2 Å². The van der Waals surface area contributed by atoms with Crippen LogP contribution in [0.4, 0.5) is 0 Å². The van der Waals surface area contributed by atoms with Crippen molar-refractivity contribution in [3.05, 3.63) is 16.3 Å². The number of carbonyl (C=O) groups excluding carboxylic acids is 1. The minimum Gasteiger partial charge on any atom is -0.357 e. The van der Waals surface area contributed by atoms with Crippen molar-refractivity contribution in [2.45, 2.75) is 45.7 Å². The highest BCUT2D eigenvalue weighted by Gasteiger charge is 2.16. The number of nitrogens with zero attached hydrogens (tertiary/aromatic N) is 5. The molecule has 0 bridgehead atoms. The van der Waals surface area contributed by atoms with E-state index in [9.17, 15) is 9.59 Å². The molecule has 0 saturated heterocycles. The van der Waals surface area contributed by atoms with Crippen molar-refractivity contribution < 1.29 is 4.79 Å². The molecule has 1 aromatic heterocycles. The van der Waals surface area contributed by atoms with Crippen LogP contribution in [0.2, 0.25) is 0 Å². The second kappa shape index (κ2) is 9.24. The van der Waals surface area contributed by atoms with E-state index >= 15 is 0 Å². The summed E-state index contributed by atoms with van der Waals surface area (Å²) in [6.45, 7) is 4.80. The second-order valence-electron chi connectivity index (χ2n) is 6.29. The van der Waals surface area contributed by atoms with E-state index in [-0.39, 0.29) is 18.1 Å². The number of guanidine groups is 1. The summed E-state index contributed by atoms with van der Waals surface area (Å²) in [5, 5.41) is 10.7. The SMILES string of the molecule is CCNC(=NCC(=O)N(C)C)NCCCn1nc2n(c1=O)CCCC2. The third-order valence-corrected chi connectivity index (χ3v) is 4.09. The molecular weight excluding hydrogens is 322 g/mol. The van der Waals surface area contributed by atoms with E-state index < -0.39 is 0 Å². The molecule has 0 unspecified atom stereocenters. The molecule has 140 valence electrons. The molecule has 0 aliphatic carbocycles. The first-order chi connectivity index (χ1) is 12.0. The molecule has 0 fully saturated rings. The van der Waals surface area contributed by atoms with Gasteiger partial charge >= 0.3 is 5.69 Å². The number of nitrogens with one attached hydrogen (secondary N) is 2. The molecule has 2 heterocycles. The van der Waals surface area contributed by atoms with Crippen LogP contribution in [0.5, 0.6) is 0 Å². The van der Waals surface area contributed by atoms with Gasteiger partial charge in [0, 0.05) is 46.7 Å². The van der Waals surface area contributed by atoms with Gasteiger partial charge in [0.15, 0.2) is 5.96 Å². The Hall–Kier alpha value is -2.32. The molecule has 0 spiro atoms. The zero-order valence-corrected chi connectivity index (χ0v) is 15.4. The van der Waals surface area contributed by atoms with Crippen molar-refractivity contribution in [1.82, 2.24) is 29.9 Å².